The second-order valence-electron chi connectivity index (χ2n) is 5.99. The van der Waals surface area contributed by atoms with Gasteiger partial charge in [-0.25, -0.2) is 0 Å². The molecule has 6 heteroatoms. The van der Waals surface area contributed by atoms with Gasteiger partial charge in [-0.15, -0.1) is 10.2 Å². The summed E-state index contributed by atoms with van der Waals surface area (Å²) in [6, 6.07) is -0.370. The standard InChI is InChI=1S/C15H27N5O/c1-4-11(3)13(16)15(21)20-8-6-12(7-9-20)14-18-17-10-19(14)5-2/h10-13H,4-9,16H2,1-3H3. The van der Waals surface area contributed by atoms with E-state index in [1.807, 2.05) is 11.8 Å². The second-order valence-corrected chi connectivity index (χ2v) is 5.99. The van der Waals surface area contributed by atoms with Crippen LogP contribution in [0.15, 0.2) is 6.33 Å². The van der Waals surface area contributed by atoms with E-state index in [0.717, 1.165) is 44.7 Å². The number of likely N-dealkylation sites (tertiary alicyclic amines) is 1. The smallest absolute Gasteiger partial charge is 0.239 e. The number of hydrogen-bond donors (Lipinski definition) is 1. The fraction of sp³-hybridized carbons (Fsp3) is 0.800. The molecule has 0 radical (unpaired) electrons. The van der Waals surface area contributed by atoms with E-state index in [0.29, 0.717) is 5.92 Å². The first-order valence-corrected chi connectivity index (χ1v) is 8.00. The van der Waals surface area contributed by atoms with Gasteiger partial charge in [-0.1, -0.05) is 20.3 Å². The highest BCUT2D eigenvalue weighted by Gasteiger charge is 2.30. The summed E-state index contributed by atoms with van der Waals surface area (Å²) in [6.45, 7) is 8.63. The van der Waals surface area contributed by atoms with Crippen LogP contribution in [-0.2, 0) is 11.3 Å². The van der Waals surface area contributed by atoms with Crippen molar-refractivity contribution in [2.24, 2.45) is 11.7 Å². The van der Waals surface area contributed by atoms with Crippen LogP contribution in [0, 0.1) is 5.92 Å². The molecule has 1 fully saturated rings. The summed E-state index contributed by atoms with van der Waals surface area (Å²) in [4.78, 5) is 14.3. The van der Waals surface area contributed by atoms with Crippen molar-refractivity contribution in [3.63, 3.8) is 0 Å². The maximum Gasteiger partial charge on any atom is 0.239 e. The topological polar surface area (TPSA) is 77.0 Å². The van der Waals surface area contributed by atoms with E-state index in [2.05, 4.69) is 28.6 Å². The summed E-state index contributed by atoms with van der Waals surface area (Å²) in [5, 5.41) is 8.24. The summed E-state index contributed by atoms with van der Waals surface area (Å²) in [6.07, 6.45) is 4.60. The van der Waals surface area contributed by atoms with Gasteiger partial charge in [-0.05, 0) is 25.7 Å². The number of carbonyl (C=O) groups excluding carboxylic acids is 1. The normalized spacial score (nSPS) is 19.5. The van der Waals surface area contributed by atoms with E-state index in [4.69, 9.17) is 5.73 Å². The molecule has 1 aromatic rings. The van der Waals surface area contributed by atoms with E-state index in [1.165, 1.54) is 0 Å². The summed E-state index contributed by atoms with van der Waals surface area (Å²) >= 11 is 0. The van der Waals surface area contributed by atoms with E-state index in [1.54, 1.807) is 6.33 Å². The van der Waals surface area contributed by atoms with Crippen LogP contribution in [0.5, 0.6) is 0 Å². The largest absolute Gasteiger partial charge is 0.341 e. The Kier molecular flexibility index (Phi) is 5.33. The van der Waals surface area contributed by atoms with Gasteiger partial charge in [0.25, 0.3) is 0 Å². The van der Waals surface area contributed by atoms with Crippen LogP contribution in [0.2, 0.25) is 0 Å². The van der Waals surface area contributed by atoms with E-state index in [-0.39, 0.29) is 17.9 Å². The van der Waals surface area contributed by atoms with Crippen molar-refractivity contribution >= 4 is 5.91 Å². The molecule has 2 atom stereocenters. The number of nitrogens with zero attached hydrogens (tertiary/aromatic N) is 4. The Morgan fingerprint density at radius 2 is 2.10 bits per heavy atom. The lowest BCUT2D eigenvalue weighted by atomic mass is 9.93. The highest BCUT2D eigenvalue weighted by atomic mass is 16.2. The number of aromatic nitrogens is 3. The highest BCUT2D eigenvalue weighted by Crippen LogP contribution is 2.27. The zero-order valence-electron chi connectivity index (χ0n) is 13.3. The number of piperidine rings is 1. The fourth-order valence-corrected chi connectivity index (χ4v) is 2.89. The minimum Gasteiger partial charge on any atom is -0.341 e. The molecule has 1 aliphatic rings. The SMILES string of the molecule is CCC(C)C(N)C(=O)N1CCC(c2nncn2CC)CC1. The third-order valence-electron chi connectivity index (χ3n) is 4.70. The van der Waals surface area contributed by atoms with Crippen LogP contribution >= 0.6 is 0 Å². The zero-order chi connectivity index (χ0) is 15.4. The zero-order valence-corrected chi connectivity index (χ0v) is 13.3. The van der Waals surface area contributed by atoms with Crippen molar-refractivity contribution in [3.05, 3.63) is 12.2 Å². The molecular formula is C15H27N5O. The van der Waals surface area contributed by atoms with Crippen LogP contribution in [0.1, 0.15) is 51.8 Å². The summed E-state index contributed by atoms with van der Waals surface area (Å²) in [5.41, 5.74) is 6.06. The first-order chi connectivity index (χ1) is 10.1. The Hall–Kier alpha value is -1.43. The van der Waals surface area contributed by atoms with Gasteiger partial charge in [-0.3, -0.25) is 4.79 Å². The maximum absolute atomic E-state index is 12.4. The average Bonchev–Trinajstić information content (AvgIpc) is 3.01. The van der Waals surface area contributed by atoms with Gasteiger partial charge in [0.05, 0.1) is 6.04 Å². The molecule has 118 valence electrons. The minimum absolute atomic E-state index is 0.0970. The Balaban J connectivity index is 1.93. The number of rotatable bonds is 5. The highest BCUT2D eigenvalue weighted by molar-refractivity contribution is 5.82. The van der Waals surface area contributed by atoms with Gasteiger partial charge >= 0.3 is 0 Å². The predicted octanol–water partition coefficient (Wildman–Crippen LogP) is 1.38. The number of carbonyl (C=O) groups is 1. The molecule has 6 nitrogen and oxygen atoms in total. The van der Waals surface area contributed by atoms with Crippen LogP contribution in [-0.4, -0.2) is 44.7 Å². The molecule has 1 aromatic heterocycles. The van der Waals surface area contributed by atoms with Crippen molar-refractivity contribution in [2.75, 3.05) is 13.1 Å². The van der Waals surface area contributed by atoms with Gasteiger partial charge in [0.15, 0.2) is 0 Å². The molecule has 1 amide bonds. The lowest BCUT2D eigenvalue weighted by Gasteiger charge is -2.34. The molecule has 0 aromatic carbocycles. The van der Waals surface area contributed by atoms with Crippen LogP contribution in [0.4, 0.5) is 0 Å². The molecule has 21 heavy (non-hydrogen) atoms. The summed E-state index contributed by atoms with van der Waals surface area (Å²) in [7, 11) is 0. The van der Waals surface area contributed by atoms with Crippen LogP contribution in [0.25, 0.3) is 0 Å². The predicted molar refractivity (Wildman–Crippen MR) is 81.7 cm³/mol. The Morgan fingerprint density at radius 1 is 1.43 bits per heavy atom. The molecule has 0 bridgehead atoms. The third kappa shape index (κ3) is 3.43. The lowest BCUT2D eigenvalue weighted by Crippen LogP contribution is -2.49. The molecule has 0 saturated carbocycles. The van der Waals surface area contributed by atoms with Crippen molar-refractivity contribution in [3.8, 4) is 0 Å². The van der Waals surface area contributed by atoms with Gasteiger partial charge in [-0.2, -0.15) is 0 Å². The molecule has 2 rings (SSSR count). The van der Waals surface area contributed by atoms with Crippen molar-refractivity contribution in [1.82, 2.24) is 19.7 Å². The van der Waals surface area contributed by atoms with Gasteiger partial charge in [0, 0.05) is 25.6 Å². The molecule has 0 spiro atoms. The van der Waals surface area contributed by atoms with Crippen LogP contribution < -0.4 is 5.73 Å². The van der Waals surface area contributed by atoms with Crippen molar-refractivity contribution < 1.29 is 4.79 Å². The Bertz CT molecular complexity index is 464. The first-order valence-electron chi connectivity index (χ1n) is 8.00. The second kappa shape index (κ2) is 7.02. The molecular weight excluding hydrogens is 266 g/mol. The molecule has 1 aliphatic heterocycles. The van der Waals surface area contributed by atoms with E-state index >= 15 is 0 Å². The molecule has 1 saturated heterocycles. The third-order valence-corrected chi connectivity index (χ3v) is 4.70. The minimum atomic E-state index is -0.370. The number of aryl methyl sites for hydroxylation is 1. The van der Waals surface area contributed by atoms with E-state index in [9.17, 15) is 4.79 Å². The first kappa shape index (κ1) is 15.9. The quantitative estimate of drug-likeness (QED) is 0.889. The van der Waals surface area contributed by atoms with Crippen molar-refractivity contribution in [1.29, 1.82) is 0 Å². The summed E-state index contributed by atoms with van der Waals surface area (Å²) < 4.78 is 2.09. The average molecular weight is 293 g/mol. The summed E-state index contributed by atoms with van der Waals surface area (Å²) in [5.74, 6) is 1.78. The number of nitrogens with two attached hydrogens (primary N) is 1. The lowest BCUT2D eigenvalue weighted by molar-refractivity contribution is -0.134. The molecule has 0 aliphatic carbocycles. The molecule has 2 unspecified atom stereocenters. The van der Waals surface area contributed by atoms with Gasteiger partial charge in [0.2, 0.25) is 5.91 Å². The fourth-order valence-electron chi connectivity index (χ4n) is 2.89. The molecule has 2 N–H and O–H groups in total. The van der Waals surface area contributed by atoms with Gasteiger partial charge < -0.3 is 15.2 Å². The van der Waals surface area contributed by atoms with Crippen molar-refractivity contribution in [2.45, 2.75) is 58.5 Å². The maximum atomic E-state index is 12.4. The number of hydrogen-bond acceptors (Lipinski definition) is 4. The van der Waals surface area contributed by atoms with Gasteiger partial charge in [0.1, 0.15) is 12.2 Å². The van der Waals surface area contributed by atoms with Crippen LogP contribution in [0.3, 0.4) is 0 Å². The Labute approximate surface area is 126 Å². The number of amides is 1. The monoisotopic (exact) mass is 293 g/mol. The Morgan fingerprint density at radius 3 is 2.67 bits per heavy atom. The molecule has 2 heterocycles. The van der Waals surface area contributed by atoms with E-state index < -0.39 is 0 Å².